The molecule has 0 radical (unpaired) electrons. The van der Waals surface area contributed by atoms with Gasteiger partial charge in [0, 0.05) is 31.7 Å². The van der Waals surface area contributed by atoms with Crippen LogP contribution in [0.1, 0.15) is 5.56 Å². The quantitative estimate of drug-likeness (QED) is 0.651. The lowest BCUT2D eigenvalue weighted by molar-refractivity contribution is -0.130. The number of methoxy groups -OCH3 is 1. The Balaban J connectivity index is 1.34. The fourth-order valence-corrected chi connectivity index (χ4v) is 3.50. The number of amides is 1. The molecule has 2 aromatic carbocycles. The Morgan fingerprint density at radius 1 is 1.00 bits per heavy atom. The molecule has 1 fully saturated rings. The van der Waals surface area contributed by atoms with Crippen molar-refractivity contribution in [2.24, 2.45) is 0 Å². The van der Waals surface area contributed by atoms with E-state index < -0.39 is 0 Å². The summed E-state index contributed by atoms with van der Waals surface area (Å²) in [5.74, 6) is 1.34. The van der Waals surface area contributed by atoms with Crippen LogP contribution in [0.15, 0.2) is 60.7 Å². The van der Waals surface area contributed by atoms with Gasteiger partial charge in [0.25, 0.3) is 0 Å². The minimum atomic E-state index is -0.293. The van der Waals surface area contributed by atoms with E-state index in [0.717, 1.165) is 28.4 Å². The molecule has 1 aliphatic heterocycles. The van der Waals surface area contributed by atoms with Crippen LogP contribution in [0.5, 0.6) is 5.75 Å². The lowest BCUT2D eigenvalue weighted by Gasteiger charge is -2.35. The maximum absolute atomic E-state index is 13.0. The van der Waals surface area contributed by atoms with Crippen LogP contribution in [-0.4, -0.2) is 54.3 Å². The molecule has 0 saturated carbocycles. The van der Waals surface area contributed by atoms with Crippen molar-refractivity contribution >= 4 is 11.7 Å². The summed E-state index contributed by atoms with van der Waals surface area (Å²) in [4.78, 5) is 16.5. The van der Waals surface area contributed by atoms with Crippen molar-refractivity contribution in [3.05, 3.63) is 72.0 Å². The van der Waals surface area contributed by atoms with Gasteiger partial charge in [0.05, 0.1) is 19.2 Å². The molecule has 1 aliphatic rings. The number of carbonyl (C=O) groups is 1. The number of benzene rings is 2. The van der Waals surface area contributed by atoms with Crippen LogP contribution in [0.3, 0.4) is 0 Å². The van der Waals surface area contributed by atoms with Gasteiger partial charge < -0.3 is 14.5 Å². The zero-order valence-electron chi connectivity index (χ0n) is 16.8. The first-order valence-electron chi connectivity index (χ1n) is 9.88. The summed E-state index contributed by atoms with van der Waals surface area (Å²) in [6.07, 6.45) is 0.287. The number of ether oxygens (including phenoxy) is 1. The topological polar surface area (TPSA) is 58.6 Å². The molecule has 0 aliphatic carbocycles. The van der Waals surface area contributed by atoms with Crippen LogP contribution >= 0.6 is 0 Å². The minimum absolute atomic E-state index is 0.0562. The van der Waals surface area contributed by atoms with Crippen molar-refractivity contribution in [3.8, 4) is 17.0 Å². The van der Waals surface area contributed by atoms with E-state index in [2.05, 4.69) is 15.1 Å². The Morgan fingerprint density at radius 3 is 2.43 bits per heavy atom. The fraction of sp³-hybridized carbons (Fsp3) is 0.261. The highest BCUT2D eigenvalue weighted by Gasteiger charge is 2.22. The van der Waals surface area contributed by atoms with Crippen molar-refractivity contribution in [2.45, 2.75) is 6.42 Å². The van der Waals surface area contributed by atoms with Gasteiger partial charge in [-0.1, -0.05) is 24.3 Å². The lowest BCUT2D eigenvalue weighted by atomic mass is 10.1. The van der Waals surface area contributed by atoms with Crippen LogP contribution in [0.2, 0.25) is 0 Å². The summed E-state index contributed by atoms with van der Waals surface area (Å²) in [7, 11) is 1.64. The van der Waals surface area contributed by atoms with E-state index in [9.17, 15) is 9.18 Å². The highest BCUT2D eigenvalue weighted by atomic mass is 19.1. The van der Waals surface area contributed by atoms with Gasteiger partial charge in [0.15, 0.2) is 5.82 Å². The van der Waals surface area contributed by atoms with Crippen molar-refractivity contribution in [3.63, 3.8) is 0 Å². The Hall–Kier alpha value is -3.48. The summed E-state index contributed by atoms with van der Waals surface area (Å²) in [6.45, 7) is 2.64. The molecule has 1 saturated heterocycles. The summed E-state index contributed by atoms with van der Waals surface area (Å²) in [5.41, 5.74) is 2.55. The van der Waals surface area contributed by atoms with E-state index in [1.54, 1.807) is 19.2 Å². The molecule has 30 heavy (non-hydrogen) atoms. The molecule has 6 nitrogen and oxygen atoms in total. The highest BCUT2D eigenvalue weighted by Crippen LogP contribution is 2.23. The van der Waals surface area contributed by atoms with E-state index in [0.29, 0.717) is 26.2 Å². The number of rotatable bonds is 5. The van der Waals surface area contributed by atoms with Crippen LogP contribution in [-0.2, 0) is 11.2 Å². The third-order valence-electron chi connectivity index (χ3n) is 5.24. The molecule has 0 N–H and O–H groups in total. The molecule has 0 bridgehead atoms. The third-order valence-corrected chi connectivity index (χ3v) is 5.24. The smallest absolute Gasteiger partial charge is 0.227 e. The largest absolute Gasteiger partial charge is 0.497 e. The SMILES string of the molecule is COc1cccc(-c2ccc(N3CCN(C(=O)Cc4ccc(F)cc4)CC3)nn2)c1. The first kappa shape index (κ1) is 19.8. The summed E-state index contributed by atoms with van der Waals surface area (Å²) in [6, 6.07) is 17.7. The maximum Gasteiger partial charge on any atom is 0.227 e. The monoisotopic (exact) mass is 406 g/mol. The first-order valence-corrected chi connectivity index (χ1v) is 9.88. The van der Waals surface area contributed by atoms with Gasteiger partial charge in [0.2, 0.25) is 5.91 Å². The fourth-order valence-electron chi connectivity index (χ4n) is 3.50. The van der Waals surface area contributed by atoms with Crippen molar-refractivity contribution in [1.29, 1.82) is 0 Å². The number of piperazine rings is 1. The van der Waals surface area contributed by atoms with E-state index in [1.807, 2.05) is 41.3 Å². The van der Waals surface area contributed by atoms with Gasteiger partial charge in [-0.15, -0.1) is 10.2 Å². The molecule has 1 aromatic heterocycles. The number of hydrogen-bond donors (Lipinski definition) is 0. The molecule has 2 heterocycles. The number of aromatic nitrogens is 2. The van der Waals surface area contributed by atoms with Crippen LogP contribution < -0.4 is 9.64 Å². The number of carbonyl (C=O) groups excluding carboxylic acids is 1. The molecule has 0 atom stereocenters. The normalized spacial score (nSPS) is 13.9. The molecule has 0 unspecified atom stereocenters. The number of nitrogens with zero attached hydrogens (tertiary/aromatic N) is 4. The predicted molar refractivity (Wildman–Crippen MR) is 113 cm³/mol. The highest BCUT2D eigenvalue weighted by molar-refractivity contribution is 5.79. The molecule has 154 valence electrons. The second-order valence-corrected chi connectivity index (χ2v) is 7.18. The van der Waals surface area contributed by atoms with Crippen molar-refractivity contribution < 1.29 is 13.9 Å². The molecule has 7 heteroatoms. The molecule has 0 spiro atoms. The number of halogens is 1. The zero-order chi connectivity index (χ0) is 20.9. The van der Waals surface area contributed by atoms with E-state index in [1.165, 1.54) is 12.1 Å². The predicted octanol–water partition coefficient (Wildman–Crippen LogP) is 3.18. The Labute approximate surface area is 174 Å². The molecule has 1 amide bonds. The molecular formula is C23H23FN4O2. The van der Waals surface area contributed by atoms with Crippen LogP contribution in [0.25, 0.3) is 11.3 Å². The Kier molecular flexibility index (Phi) is 5.88. The standard InChI is InChI=1S/C23H23FN4O2/c1-30-20-4-2-3-18(16-20)21-9-10-22(26-25-21)27-11-13-28(14-12-27)23(29)15-17-5-7-19(24)8-6-17/h2-10,16H,11-15H2,1H3. The van der Waals surface area contributed by atoms with Gasteiger partial charge in [0.1, 0.15) is 11.6 Å². The summed E-state index contributed by atoms with van der Waals surface area (Å²) < 4.78 is 18.3. The van der Waals surface area contributed by atoms with Crippen LogP contribution in [0, 0.1) is 5.82 Å². The number of hydrogen-bond acceptors (Lipinski definition) is 5. The average Bonchev–Trinajstić information content (AvgIpc) is 2.81. The molecule has 3 aromatic rings. The Bertz CT molecular complexity index is 1000. The second-order valence-electron chi connectivity index (χ2n) is 7.18. The van der Waals surface area contributed by atoms with E-state index >= 15 is 0 Å². The van der Waals surface area contributed by atoms with Gasteiger partial charge in [-0.3, -0.25) is 4.79 Å². The first-order chi connectivity index (χ1) is 14.6. The third kappa shape index (κ3) is 4.56. The number of anilines is 1. The Morgan fingerprint density at radius 2 is 1.77 bits per heavy atom. The van der Waals surface area contributed by atoms with Gasteiger partial charge in [-0.05, 0) is 42.0 Å². The molecular weight excluding hydrogens is 383 g/mol. The van der Waals surface area contributed by atoms with Gasteiger partial charge >= 0.3 is 0 Å². The summed E-state index contributed by atoms with van der Waals surface area (Å²) in [5, 5.41) is 8.73. The average molecular weight is 406 g/mol. The van der Waals surface area contributed by atoms with Gasteiger partial charge in [-0.2, -0.15) is 0 Å². The van der Waals surface area contributed by atoms with E-state index in [-0.39, 0.29) is 18.1 Å². The van der Waals surface area contributed by atoms with Crippen molar-refractivity contribution in [1.82, 2.24) is 15.1 Å². The van der Waals surface area contributed by atoms with Gasteiger partial charge in [-0.25, -0.2) is 4.39 Å². The van der Waals surface area contributed by atoms with Crippen LogP contribution in [0.4, 0.5) is 10.2 Å². The summed E-state index contributed by atoms with van der Waals surface area (Å²) >= 11 is 0. The van der Waals surface area contributed by atoms with E-state index in [4.69, 9.17) is 4.74 Å². The lowest BCUT2D eigenvalue weighted by Crippen LogP contribution is -2.49. The molecule has 4 rings (SSSR count). The zero-order valence-corrected chi connectivity index (χ0v) is 16.8. The minimum Gasteiger partial charge on any atom is -0.497 e. The second kappa shape index (κ2) is 8.90. The maximum atomic E-state index is 13.0. The van der Waals surface area contributed by atoms with Crippen molar-refractivity contribution in [2.75, 3.05) is 38.2 Å².